The molecule has 1 spiro atoms. The highest BCUT2D eigenvalue weighted by atomic mass is 19.3. The summed E-state index contributed by atoms with van der Waals surface area (Å²) in [6, 6.07) is 9.49. The summed E-state index contributed by atoms with van der Waals surface area (Å²) < 4.78 is 126. The minimum Gasteiger partial charge on any atom is -0.380 e. The number of nitrogens with zero attached hydrogens (tertiary/aromatic N) is 12. The van der Waals surface area contributed by atoms with Crippen molar-refractivity contribution in [3.8, 4) is 22.5 Å². The number of hydrogen-bond acceptors (Lipinski definition) is 15. The van der Waals surface area contributed by atoms with E-state index >= 15 is 17.6 Å². The van der Waals surface area contributed by atoms with E-state index in [1.165, 1.54) is 39.5 Å². The number of aromatic nitrogens is 8. The van der Waals surface area contributed by atoms with Crippen molar-refractivity contribution in [3.63, 3.8) is 0 Å². The predicted octanol–water partition coefficient (Wildman–Crippen LogP) is 15.6. The maximum Gasteiger partial charge on any atom is 0.261 e. The number of ether oxygens (including phenoxy) is 1. The van der Waals surface area contributed by atoms with E-state index in [1.54, 1.807) is 37.2 Å². The van der Waals surface area contributed by atoms with Gasteiger partial charge in [-0.2, -0.15) is 0 Å². The molecule has 0 bridgehead atoms. The molecule has 5 saturated carbocycles. The Labute approximate surface area is 638 Å². The summed E-state index contributed by atoms with van der Waals surface area (Å²) in [5.74, 6) is -6.63. The van der Waals surface area contributed by atoms with Gasteiger partial charge < -0.3 is 44.9 Å². The zero-order chi connectivity index (χ0) is 78.9. The fourth-order valence-electron chi connectivity index (χ4n) is 18.0. The molecule has 2 saturated heterocycles. The second-order valence-corrected chi connectivity index (χ2v) is 34.8. The first-order valence-corrected chi connectivity index (χ1v) is 38.8. The van der Waals surface area contributed by atoms with Gasteiger partial charge in [0.25, 0.3) is 24.7 Å². The van der Waals surface area contributed by atoms with Crippen LogP contribution in [0.25, 0.3) is 44.6 Å². The van der Waals surface area contributed by atoms with Gasteiger partial charge in [0.2, 0.25) is 11.8 Å². The SMILES string of the molecule is Cc1c(C(=O)NC2(C(F)F)CC2)cc(Nc2nc(-c3cnc4c(c3)N(C3CC(C)(N5CCCC6(CC6)C5)C3)C(=O)C4(C)C)cc3ncn(C(C)C)c23)c(F)c1F.Cc1c(C(=O)NC2(C(F)F)CC2)cc(Nc2nc(-c3cnc4c(c3)N(C3CC(C)(N5CCCOCC5)C3)C(=O)C4(C)C)cc3ncn(C(C)C)c23)c(F)c1F. The van der Waals surface area contributed by atoms with Crippen LogP contribution >= 0.6 is 0 Å². The van der Waals surface area contributed by atoms with Crippen molar-refractivity contribution in [2.75, 3.05) is 59.8 Å². The van der Waals surface area contributed by atoms with Gasteiger partial charge in [-0.25, -0.2) is 55.1 Å². The molecule has 29 heteroatoms. The topological polar surface area (TPSA) is 226 Å². The van der Waals surface area contributed by atoms with Crippen LogP contribution in [-0.4, -0.2) is 159 Å². The number of nitrogens with one attached hydrogen (secondary N) is 4. The summed E-state index contributed by atoms with van der Waals surface area (Å²) in [6.07, 6.45) is 10.9. The molecule has 4 N–H and O–H groups in total. The average molecular weight is 1540 g/mol. The fraction of sp³-hybridized carbons (Fsp3) is 0.537. The van der Waals surface area contributed by atoms with Crippen LogP contribution in [0.15, 0.2) is 61.4 Å². The van der Waals surface area contributed by atoms with Gasteiger partial charge in [-0.3, -0.25) is 38.9 Å². The summed E-state index contributed by atoms with van der Waals surface area (Å²) in [4.78, 5) is 92.3. The number of halogens is 8. The highest BCUT2D eigenvalue weighted by Crippen LogP contribution is 2.57. The van der Waals surface area contributed by atoms with E-state index in [0.717, 1.165) is 82.7 Å². The monoisotopic (exact) mass is 1530 g/mol. The lowest BCUT2D eigenvalue weighted by Crippen LogP contribution is -2.64. The second-order valence-electron chi connectivity index (χ2n) is 34.8. The molecule has 0 atom stereocenters. The highest BCUT2D eigenvalue weighted by molar-refractivity contribution is 6.09. The van der Waals surface area contributed by atoms with Gasteiger partial charge in [0, 0.05) is 107 Å². The summed E-state index contributed by atoms with van der Waals surface area (Å²) in [6.45, 7) is 27.9. The predicted molar refractivity (Wildman–Crippen MR) is 405 cm³/mol. The highest BCUT2D eigenvalue weighted by Gasteiger charge is 2.59. The number of pyridine rings is 4. The maximum atomic E-state index is 15.7. The third kappa shape index (κ3) is 12.8. The molecule has 7 fully saturated rings. The van der Waals surface area contributed by atoms with Crippen molar-refractivity contribution in [3.05, 3.63) is 118 Å². The molecule has 6 aromatic heterocycles. The lowest BCUT2D eigenvalue weighted by atomic mass is 9.70. The Morgan fingerprint density at radius 3 is 1.35 bits per heavy atom. The lowest BCUT2D eigenvalue weighted by Gasteiger charge is -2.56. The molecule has 8 aromatic rings. The first-order chi connectivity index (χ1) is 52.5. The number of imidazole rings is 2. The van der Waals surface area contributed by atoms with E-state index in [4.69, 9.17) is 24.7 Å². The smallest absolute Gasteiger partial charge is 0.261 e. The normalized spacial score (nSPS) is 23.9. The van der Waals surface area contributed by atoms with E-state index < -0.39 is 75.5 Å². The largest absolute Gasteiger partial charge is 0.380 e. The standard InChI is InChI=1S/C42H48F4N8O2.C40H46F4N8O3/c1-22(2)53-21-48-29-16-27(49-35(33(29)53)50-28-15-26(23(3)31(43)32(28)44)36(55)51-42(11-12-42)37(45)46)24-14-30-34(47-19-24)39(4,5)38(56)54(30)25-17-40(6,18-25)52-13-7-8-41(20-52)9-10-41;1-21(2)51-20-46-28-16-26(47-34(32(28)51)48-27-15-25(22(3)30(41)31(27)42)35(53)49-40(8-9-40)36(43)44)23-14-29-33(45-19-23)38(4,5)37(54)52(29)24-17-39(6,18-24)50-10-7-12-55-13-11-50/h14-16,19,21-22,25,37H,7-13,17-18,20H2,1-6H3,(H,49,50)(H,51,55);14-16,19-21,24,36H,7-13,17-18H2,1-6H3,(H,47,48)(H,49,53). The quantitative estimate of drug-likeness (QED) is 0.0586. The molecule has 0 radical (unpaired) electrons. The average Bonchev–Trinajstić information content (AvgIpc) is 1.57. The summed E-state index contributed by atoms with van der Waals surface area (Å²) in [7, 11) is 0. The number of fused-ring (bicyclic) bond motifs is 4. The summed E-state index contributed by atoms with van der Waals surface area (Å²) in [5.41, 5.74) is 0.445. The molecule has 2 aromatic carbocycles. The number of piperidine rings is 1. The first kappa shape index (κ1) is 75.8. The third-order valence-corrected chi connectivity index (χ3v) is 25.6. The van der Waals surface area contributed by atoms with E-state index in [1.807, 2.05) is 86.5 Å². The Balaban J connectivity index is 0.000000168. The molecule has 0 unspecified atom stereocenters. The van der Waals surface area contributed by atoms with Crippen molar-refractivity contribution < 1.29 is 59.0 Å². The number of carbonyl (C=O) groups is 4. The molecule has 17 rings (SSSR count). The number of carbonyl (C=O) groups excluding carboxylic acids is 4. The van der Waals surface area contributed by atoms with Gasteiger partial charge in [0.1, 0.15) is 22.1 Å². The summed E-state index contributed by atoms with van der Waals surface area (Å²) in [5, 5.41) is 10.5. The lowest BCUT2D eigenvalue weighted by molar-refractivity contribution is -0.124. The van der Waals surface area contributed by atoms with Crippen LogP contribution in [0.3, 0.4) is 0 Å². The molecule has 4 aliphatic heterocycles. The number of rotatable bonds is 18. The maximum absolute atomic E-state index is 15.7. The van der Waals surface area contributed by atoms with Crippen molar-refractivity contribution in [1.29, 1.82) is 0 Å². The van der Waals surface area contributed by atoms with Gasteiger partial charge in [0.15, 0.2) is 34.9 Å². The zero-order valence-corrected chi connectivity index (χ0v) is 64.6. The van der Waals surface area contributed by atoms with E-state index in [2.05, 4.69) is 54.9 Å². The van der Waals surface area contributed by atoms with Gasteiger partial charge in [-0.1, -0.05) is 0 Å². The van der Waals surface area contributed by atoms with Crippen LogP contribution in [0.1, 0.15) is 208 Å². The van der Waals surface area contributed by atoms with Gasteiger partial charge in [-0.05, 0) is 215 Å². The second kappa shape index (κ2) is 27.0. The van der Waals surface area contributed by atoms with Crippen LogP contribution < -0.4 is 31.1 Å². The zero-order valence-electron chi connectivity index (χ0n) is 64.6. The summed E-state index contributed by atoms with van der Waals surface area (Å²) >= 11 is 0. The molecule has 10 heterocycles. The molecule has 9 aliphatic rings. The van der Waals surface area contributed by atoms with Crippen molar-refractivity contribution in [2.45, 2.75) is 237 Å². The van der Waals surface area contributed by atoms with Crippen LogP contribution in [0, 0.1) is 42.5 Å². The van der Waals surface area contributed by atoms with Gasteiger partial charge in [0.05, 0.1) is 86.7 Å². The van der Waals surface area contributed by atoms with Crippen LogP contribution in [-0.2, 0) is 25.2 Å². The van der Waals surface area contributed by atoms with E-state index in [9.17, 15) is 36.7 Å². The van der Waals surface area contributed by atoms with Crippen molar-refractivity contribution in [2.24, 2.45) is 5.41 Å². The van der Waals surface area contributed by atoms with E-state index in [0.29, 0.717) is 73.7 Å². The Bertz CT molecular complexity index is 5140. The molecule has 588 valence electrons. The Morgan fingerprint density at radius 2 is 0.946 bits per heavy atom. The number of hydrogen-bond donors (Lipinski definition) is 4. The molecule has 21 nitrogen and oxygen atoms in total. The van der Waals surface area contributed by atoms with Crippen molar-refractivity contribution in [1.82, 2.24) is 59.5 Å². The molecular formula is C82H94F8N16O5. The molecular weight excluding hydrogens is 1440 g/mol. The number of anilines is 6. The van der Waals surface area contributed by atoms with Crippen molar-refractivity contribution >= 4 is 80.1 Å². The molecule has 5 aliphatic carbocycles. The number of benzene rings is 2. The van der Waals surface area contributed by atoms with Gasteiger partial charge in [-0.15, -0.1) is 0 Å². The fourth-order valence-corrected chi connectivity index (χ4v) is 18.0. The minimum absolute atomic E-state index is 0.0146. The molecule has 4 amide bonds. The number of amides is 4. The number of likely N-dealkylation sites (tertiary alicyclic amines) is 1. The van der Waals surface area contributed by atoms with Crippen LogP contribution in [0.2, 0.25) is 0 Å². The van der Waals surface area contributed by atoms with Crippen LogP contribution in [0.5, 0.6) is 0 Å². The first-order valence-electron chi connectivity index (χ1n) is 38.8. The molecule has 111 heavy (non-hydrogen) atoms. The van der Waals surface area contributed by atoms with Crippen LogP contribution in [0.4, 0.5) is 69.5 Å². The Kier molecular flexibility index (Phi) is 18.4. The Hall–Kier alpha value is -9.22. The number of alkyl halides is 4. The third-order valence-electron chi connectivity index (χ3n) is 25.6. The van der Waals surface area contributed by atoms with Gasteiger partial charge >= 0.3 is 0 Å². The Morgan fingerprint density at radius 1 is 0.523 bits per heavy atom. The van der Waals surface area contributed by atoms with E-state index in [-0.39, 0.29) is 112 Å². The minimum atomic E-state index is -2.80.